The molecule has 3 rings (SSSR count). The summed E-state index contributed by atoms with van der Waals surface area (Å²) in [7, 11) is 1.67. The molecular formula is C19H28N6O2. The van der Waals surface area contributed by atoms with Crippen LogP contribution in [0.5, 0.6) is 0 Å². The first-order valence-electron chi connectivity index (χ1n) is 9.65. The lowest BCUT2D eigenvalue weighted by Crippen LogP contribution is -2.30. The maximum atomic E-state index is 12.8. The summed E-state index contributed by atoms with van der Waals surface area (Å²) in [5.74, 6) is 0.242. The molecule has 2 amide bonds. The minimum Gasteiger partial charge on any atom is -0.338 e. The fourth-order valence-electron chi connectivity index (χ4n) is 3.67. The van der Waals surface area contributed by atoms with Crippen molar-refractivity contribution in [3.8, 4) is 0 Å². The van der Waals surface area contributed by atoms with Crippen molar-refractivity contribution in [3.63, 3.8) is 0 Å². The van der Waals surface area contributed by atoms with E-state index in [1.807, 2.05) is 31.5 Å². The van der Waals surface area contributed by atoms with Gasteiger partial charge in [0, 0.05) is 32.3 Å². The second kappa shape index (κ2) is 7.94. The zero-order valence-electron chi connectivity index (χ0n) is 16.5. The number of nitrogens with one attached hydrogen (secondary N) is 1. The van der Waals surface area contributed by atoms with Crippen molar-refractivity contribution in [1.82, 2.24) is 24.5 Å². The molecule has 2 heterocycles. The summed E-state index contributed by atoms with van der Waals surface area (Å²) in [5, 5.41) is 11.7. The summed E-state index contributed by atoms with van der Waals surface area (Å²) in [4.78, 5) is 27.0. The molecule has 1 aliphatic carbocycles. The van der Waals surface area contributed by atoms with Gasteiger partial charge in [-0.25, -0.2) is 4.68 Å². The highest BCUT2D eigenvalue weighted by molar-refractivity contribution is 6.04. The molecule has 8 heteroatoms. The first-order chi connectivity index (χ1) is 12.9. The van der Waals surface area contributed by atoms with Crippen LogP contribution in [0.1, 0.15) is 72.2 Å². The summed E-state index contributed by atoms with van der Waals surface area (Å²) in [6.45, 7) is 6.97. The smallest absolute Gasteiger partial charge is 0.275 e. The highest BCUT2D eigenvalue weighted by Gasteiger charge is 2.24. The molecule has 1 saturated carbocycles. The third-order valence-corrected chi connectivity index (χ3v) is 5.15. The van der Waals surface area contributed by atoms with Crippen molar-refractivity contribution in [3.05, 3.63) is 29.2 Å². The Kier molecular flexibility index (Phi) is 5.62. The lowest BCUT2D eigenvalue weighted by atomic mass is 10.2. The molecule has 0 aromatic carbocycles. The number of aromatic nitrogens is 4. The molecular weight excluding hydrogens is 344 g/mol. The zero-order chi connectivity index (χ0) is 19.6. The van der Waals surface area contributed by atoms with Gasteiger partial charge >= 0.3 is 0 Å². The minimum absolute atomic E-state index is 0.165. The molecule has 0 saturated heterocycles. The number of anilines is 1. The van der Waals surface area contributed by atoms with Gasteiger partial charge in [0.15, 0.2) is 5.69 Å². The van der Waals surface area contributed by atoms with E-state index < -0.39 is 0 Å². The predicted molar refractivity (Wildman–Crippen MR) is 103 cm³/mol. The quantitative estimate of drug-likeness (QED) is 0.845. The van der Waals surface area contributed by atoms with E-state index in [0.29, 0.717) is 30.6 Å². The first kappa shape index (κ1) is 19.1. The van der Waals surface area contributed by atoms with Gasteiger partial charge in [0.2, 0.25) is 0 Å². The molecule has 1 N–H and O–H groups in total. The summed E-state index contributed by atoms with van der Waals surface area (Å²) in [6.07, 6.45) is 4.54. The lowest BCUT2D eigenvalue weighted by molar-refractivity contribution is 0.0766. The summed E-state index contributed by atoms with van der Waals surface area (Å²) >= 11 is 0. The van der Waals surface area contributed by atoms with E-state index in [1.165, 1.54) is 17.5 Å². The minimum atomic E-state index is -0.289. The van der Waals surface area contributed by atoms with Gasteiger partial charge < -0.3 is 10.2 Å². The Labute approximate surface area is 159 Å². The summed E-state index contributed by atoms with van der Waals surface area (Å²) in [5.41, 5.74) is 1.51. The van der Waals surface area contributed by atoms with E-state index in [-0.39, 0.29) is 17.5 Å². The molecule has 27 heavy (non-hydrogen) atoms. The Morgan fingerprint density at radius 1 is 1.19 bits per heavy atom. The van der Waals surface area contributed by atoms with Crippen LogP contribution >= 0.6 is 0 Å². The molecule has 0 unspecified atom stereocenters. The Balaban J connectivity index is 1.80. The Bertz CT molecular complexity index is 827. The zero-order valence-corrected chi connectivity index (χ0v) is 16.5. The van der Waals surface area contributed by atoms with Crippen molar-refractivity contribution in [2.24, 2.45) is 7.05 Å². The van der Waals surface area contributed by atoms with Crippen molar-refractivity contribution < 1.29 is 9.59 Å². The van der Waals surface area contributed by atoms with E-state index in [4.69, 9.17) is 0 Å². The second-order valence-electron chi connectivity index (χ2n) is 7.02. The van der Waals surface area contributed by atoms with E-state index in [0.717, 1.165) is 18.5 Å². The van der Waals surface area contributed by atoms with Gasteiger partial charge in [0.25, 0.3) is 11.8 Å². The van der Waals surface area contributed by atoms with Gasteiger partial charge in [-0.3, -0.25) is 14.3 Å². The summed E-state index contributed by atoms with van der Waals surface area (Å²) < 4.78 is 3.38. The molecule has 1 aliphatic rings. The van der Waals surface area contributed by atoms with Gasteiger partial charge in [-0.15, -0.1) is 0 Å². The van der Waals surface area contributed by atoms with Crippen LogP contribution in [-0.4, -0.2) is 49.4 Å². The number of hydrogen-bond acceptors (Lipinski definition) is 4. The molecule has 1 fully saturated rings. The topological polar surface area (TPSA) is 85.0 Å². The van der Waals surface area contributed by atoms with Crippen LogP contribution in [0.2, 0.25) is 0 Å². The predicted octanol–water partition coefficient (Wildman–Crippen LogP) is 2.77. The average molecular weight is 372 g/mol. The van der Waals surface area contributed by atoms with E-state index in [9.17, 15) is 9.59 Å². The standard InChI is InChI=1S/C19H28N6O2/c1-5-24(6-2)19(27)15-12-16(23(4)22-15)18(26)20-17-11-13(3)21-25(17)14-9-7-8-10-14/h11-12,14H,5-10H2,1-4H3,(H,20,26). The van der Waals surface area contributed by atoms with Crippen LogP contribution in [-0.2, 0) is 7.05 Å². The Morgan fingerprint density at radius 3 is 2.48 bits per heavy atom. The monoisotopic (exact) mass is 372 g/mol. The molecule has 8 nitrogen and oxygen atoms in total. The van der Waals surface area contributed by atoms with Crippen LogP contribution in [0.15, 0.2) is 12.1 Å². The normalized spacial score (nSPS) is 14.5. The molecule has 0 spiro atoms. The average Bonchev–Trinajstić information content (AvgIpc) is 3.35. The third kappa shape index (κ3) is 3.89. The number of nitrogens with zero attached hydrogens (tertiary/aromatic N) is 5. The molecule has 146 valence electrons. The molecule has 0 atom stereocenters. The fourth-order valence-corrected chi connectivity index (χ4v) is 3.67. The largest absolute Gasteiger partial charge is 0.338 e. The first-order valence-corrected chi connectivity index (χ1v) is 9.65. The Morgan fingerprint density at radius 2 is 1.85 bits per heavy atom. The van der Waals surface area contributed by atoms with Gasteiger partial charge in [0.05, 0.1) is 11.7 Å². The number of amides is 2. The van der Waals surface area contributed by atoms with E-state index in [1.54, 1.807) is 18.0 Å². The van der Waals surface area contributed by atoms with Crippen molar-refractivity contribution >= 4 is 17.6 Å². The third-order valence-electron chi connectivity index (χ3n) is 5.15. The van der Waals surface area contributed by atoms with Crippen molar-refractivity contribution in [2.45, 2.75) is 52.5 Å². The SMILES string of the molecule is CCN(CC)C(=O)c1cc(C(=O)Nc2cc(C)nn2C2CCCC2)n(C)n1. The van der Waals surface area contributed by atoms with Crippen LogP contribution in [0.25, 0.3) is 0 Å². The van der Waals surface area contributed by atoms with Gasteiger partial charge in [-0.05, 0) is 33.6 Å². The number of aryl methyl sites for hydroxylation is 2. The van der Waals surface area contributed by atoms with Crippen LogP contribution in [0.3, 0.4) is 0 Å². The lowest BCUT2D eigenvalue weighted by Gasteiger charge is -2.16. The highest BCUT2D eigenvalue weighted by Crippen LogP contribution is 2.32. The van der Waals surface area contributed by atoms with Crippen molar-refractivity contribution in [2.75, 3.05) is 18.4 Å². The van der Waals surface area contributed by atoms with Crippen LogP contribution < -0.4 is 5.32 Å². The molecule has 0 bridgehead atoms. The van der Waals surface area contributed by atoms with Crippen LogP contribution in [0.4, 0.5) is 5.82 Å². The second-order valence-corrected chi connectivity index (χ2v) is 7.02. The molecule has 2 aromatic rings. The van der Waals surface area contributed by atoms with Crippen molar-refractivity contribution in [1.29, 1.82) is 0 Å². The Hall–Kier alpha value is -2.64. The fraction of sp³-hybridized carbons (Fsp3) is 0.579. The van der Waals surface area contributed by atoms with E-state index in [2.05, 4.69) is 15.5 Å². The van der Waals surface area contributed by atoms with Gasteiger partial charge in [-0.2, -0.15) is 10.2 Å². The van der Waals surface area contributed by atoms with Crippen LogP contribution in [0, 0.1) is 6.92 Å². The maximum Gasteiger partial charge on any atom is 0.275 e. The summed E-state index contributed by atoms with van der Waals surface area (Å²) in [6, 6.07) is 3.77. The highest BCUT2D eigenvalue weighted by atomic mass is 16.2. The number of carbonyl (C=O) groups excluding carboxylic acids is 2. The number of rotatable bonds is 6. The number of carbonyl (C=O) groups is 2. The molecule has 0 radical (unpaired) electrons. The maximum absolute atomic E-state index is 12.8. The molecule has 0 aliphatic heterocycles. The molecule has 2 aromatic heterocycles. The number of hydrogen-bond donors (Lipinski definition) is 1. The van der Waals surface area contributed by atoms with Gasteiger partial charge in [-0.1, -0.05) is 12.8 Å². The van der Waals surface area contributed by atoms with Gasteiger partial charge in [0.1, 0.15) is 11.5 Å². The van der Waals surface area contributed by atoms with E-state index >= 15 is 0 Å².